The molecule has 0 saturated heterocycles. The number of ketones is 2. The average Bonchev–Trinajstić information content (AvgIpc) is 2.59. The fourth-order valence-corrected chi connectivity index (χ4v) is 5.41. The molecule has 0 heterocycles. The van der Waals surface area contributed by atoms with Crippen LogP contribution in [0.2, 0.25) is 0 Å². The van der Waals surface area contributed by atoms with Crippen LogP contribution in [0.3, 0.4) is 0 Å². The molecular formula is C26H40O3. The predicted molar refractivity (Wildman–Crippen MR) is 119 cm³/mol. The molecule has 0 aromatic carbocycles. The van der Waals surface area contributed by atoms with Gasteiger partial charge in [-0.05, 0) is 62.7 Å². The normalized spacial score (nSPS) is 31.9. The Labute approximate surface area is 177 Å². The molecule has 2 rings (SSSR count). The van der Waals surface area contributed by atoms with Crippen LogP contribution >= 0.6 is 0 Å². The third kappa shape index (κ3) is 4.59. The van der Waals surface area contributed by atoms with Gasteiger partial charge >= 0.3 is 0 Å². The maximum absolute atomic E-state index is 13.9. The Morgan fingerprint density at radius 2 is 1.97 bits per heavy atom. The fourth-order valence-electron chi connectivity index (χ4n) is 5.41. The van der Waals surface area contributed by atoms with Gasteiger partial charge in [0.1, 0.15) is 5.76 Å². The van der Waals surface area contributed by atoms with E-state index >= 15 is 0 Å². The summed E-state index contributed by atoms with van der Waals surface area (Å²) in [6.45, 7) is 17.0. The van der Waals surface area contributed by atoms with Crippen LogP contribution in [0, 0.1) is 28.1 Å². The van der Waals surface area contributed by atoms with Crippen molar-refractivity contribution in [3.8, 4) is 0 Å². The Kier molecular flexibility index (Phi) is 7.02. The summed E-state index contributed by atoms with van der Waals surface area (Å²) < 4.78 is 5.64. The number of ether oxygens (including phenoxy) is 1. The molecule has 29 heavy (non-hydrogen) atoms. The van der Waals surface area contributed by atoms with E-state index in [2.05, 4.69) is 40.3 Å². The zero-order valence-corrected chi connectivity index (χ0v) is 19.6. The van der Waals surface area contributed by atoms with Crippen LogP contribution in [0.25, 0.3) is 0 Å². The van der Waals surface area contributed by atoms with Crippen LogP contribution in [0.1, 0.15) is 80.1 Å². The van der Waals surface area contributed by atoms with Crippen molar-refractivity contribution in [2.24, 2.45) is 28.1 Å². The zero-order valence-electron chi connectivity index (χ0n) is 19.6. The Morgan fingerprint density at radius 3 is 2.48 bits per heavy atom. The SMILES string of the molecule is C=CCC1CC2(CC=C(C)C)C(=O)C(C(=O)C=C2OC)C1(C)CCCC(C)(C)C. The van der Waals surface area contributed by atoms with Crippen molar-refractivity contribution in [1.29, 1.82) is 0 Å². The quantitative estimate of drug-likeness (QED) is 0.347. The summed E-state index contributed by atoms with van der Waals surface area (Å²) in [6.07, 6.45) is 10.8. The average molecular weight is 401 g/mol. The summed E-state index contributed by atoms with van der Waals surface area (Å²) in [7, 11) is 1.58. The van der Waals surface area contributed by atoms with Crippen molar-refractivity contribution < 1.29 is 14.3 Å². The number of allylic oxidation sites excluding steroid dienone is 5. The minimum atomic E-state index is -0.720. The van der Waals surface area contributed by atoms with E-state index in [-0.39, 0.29) is 28.3 Å². The number of fused-ring (bicyclic) bond motifs is 2. The maximum atomic E-state index is 13.9. The highest BCUT2D eigenvalue weighted by Crippen LogP contribution is 2.60. The van der Waals surface area contributed by atoms with Crippen molar-refractivity contribution in [3.05, 3.63) is 36.1 Å². The van der Waals surface area contributed by atoms with Gasteiger partial charge in [-0.15, -0.1) is 6.58 Å². The van der Waals surface area contributed by atoms with E-state index in [1.165, 1.54) is 5.57 Å². The van der Waals surface area contributed by atoms with Crippen molar-refractivity contribution in [2.75, 3.05) is 7.11 Å². The number of hydrogen-bond acceptors (Lipinski definition) is 3. The molecule has 3 nitrogen and oxygen atoms in total. The monoisotopic (exact) mass is 400 g/mol. The Bertz CT molecular complexity index is 717. The second-order valence-electron chi connectivity index (χ2n) is 10.8. The lowest BCUT2D eigenvalue weighted by Crippen LogP contribution is -2.59. The molecule has 0 aliphatic heterocycles. The Hall–Kier alpha value is -1.64. The number of carbonyl (C=O) groups is 2. The molecule has 1 saturated carbocycles. The minimum Gasteiger partial charge on any atom is -0.500 e. The molecule has 0 radical (unpaired) electrons. The van der Waals surface area contributed by atoms with Gasteiger partial charge in [0.25, 0.3) is 0 Å². The molecule has 0 aromatic heterocycles. The summed E-state index contributed by atoms with van der Waals surface area (Å²) in [5, 5.41) is 0. The van der Waals surface area contributed by atoms with E-state index in [1.54, 1.807) is 13.2 Å². The number of methoxy groups -OCH3 is 1. The number of hydrogen-bond donors (Lipinski definition) is 0. The van der Waals surface area contributed by atoms with E-state index in [9.17, 15) is 9.59 Å². The van der Waals surface area contributed by atoms with Crippen LogP contribution in [0.5, 0.6) is 0 Å². The van der Waals surface area contributed by atoms with E-state index in [4.69, 9.17) is 4.74 Å². The molecule has 4 atom stereocenters. The van der Waals surface area contributed by atoms with Gasteiger partial charge in [-0.3, -0.25) is 9.59 Å². The van der Waals surface area contributed by atoms with Gasteiger partial charge in [0.2, 0.25) is 0 Å². The van der Waals surface area contributed by atoms with Crippen molar-refractivity contribution in [1.82, 2.24) is 0 Å². The first-order chi connectivity index (χ1) is 13.4. The molecule has 162 valence electrons. The molecule has 0 aromatic rings. The largest absolute Gasteiger partial charge is 0.500 e. The highest BCUT2D eigenvalue weighted by molar-refractivity contribution is 6.14. The lowest BCUT2D eigenvalue weighted by Gasteiger charge is -2.55. The topological polar surface area (TPSA) is 43.4 Å². The van der Waals surface area contributed by atoms with Crippen molar-refractivity contribution in [2.45, 2.75) is 80.1 Å². The standard InChI is InChI=1S/C26H40O3/c1-9-11-19-17-26(15-12-18(2)3)21(29-8)16-20(27)22(23(26)28)25(19,7)14-10-13-24(4,5)6/h9,12,16,19,22H,1,10-11,13-15,17H2,2-8H3. The van der Waals surface area contributed by atoms with E-state index < -0.39 is 11.3 Å². The van der Waals surface area contributed by atoms with Gasteiger partial charge < -0.3 is 4.74 Å². The van der Waals surface area contributed by atoms with E-state index in [1.807, 2.05) is 19.9 Å². The first-order valence-electron chi connectivity index (χ1n) is 11.0. The van der Waals surface area contributed by atoms with Crippen molar-refractivity contribution >= 4 is 11.6 Å². The Morgan fingerprint density at radius 1 is 1.31 bits per heavy atom. The van der Waals surface area contributed by atoms with Crippen molar-refractivity contribution in [3.63, 3.8) is 0 Å². The first-order valence-corrected chi connectivity index (χ1v) is 11.0. The lowest BCUT2D eigenvalue weighted by molar-refractivity contribution is -0.157. The fraction of sp³-hybridized carbons (Fsp3) is 0.692. The summed E-state index contributed by atoms with van der Waals surface area (Å²) in [5.41, 5.74) is 0.366. The predicted octanol–water partition coefficient (Wildman–Crippen LogP) is 6.45. The molecule has 2 aliphatic rings. The number of Topliss-reactive ketones (excluding diaryl/α,β-unsaturated/α-hetero) is 1. The van der Waals surface area contributed by atoms with Crippen LogP contribution in [-0.4, -0.2) is 18.7 Å². The second-order valence-corrected chi connectivity index (χ2v) is 10.8. The Balaban J connectivity index is 2.52. The third-order valence-electron chi connectivity index (χ3n) is 7.12. The molecular weight excluding hydrogens is 360 g/mol. The third-order valence-corrected chi connectivity index (χ3v) is 7.12. The molecule has 3 heteroatoms. The zero-order chi connectivity index (χ0) is 22.0. The van der Waals surface area contributed by atoms with Gasteiger partial charge in [-0.1, -0.05) is 51.8 Å². The second kappa shape index (κ2) is 8.62. The molecule has 4 unspecified atom stereocenters. The number of carbonyl (C=O) groups excluding carboxylic acids is 2. The van der Waals surface area contributed by atoms with Gasteiger partial charge in [0.15, 0.2) is 11.6 Å². The summed E-state index contributed by atoms with van der Waals surface area (Å²) in [5.74, 6) is 0.193. The van der Waals surface area contributed by atoms with Gasteiger partial charge in [-0.2, -0.15) is 0 Å². The van der Waals surface area contributed by atoms with Crippen LogP contribution in [0.4, 0.5) is 0 Å². The lowest BCUT2D eigenvalue weighted by atomic mass is 9.47. The van der Waals surface area contributed by atoms with E-state index in [0.717, 1.165) is 32.1 Å². The minimum absolute atomic E-state index is 0.0675. The maximum Gasteiger partial charge on any atom is 0.170 e. The summed E-state index contributed by atoms with van der Waals surface area (Å²) >= 11 is 0. The molecule has 2 bridgehead atoms. The smallest absolute Gasteiger partial charge is 0.170 e. The highest BCUT2D eigenvalue weighted by atomic mass is 16.5. The van der Waals surface area contributed by atoms with Crippen LogP contribution in [0.15, 0.2) is 36.1 Å². The van der Waals surface area contributed by atoms with Gasteiger partial charge in [0, 0.05) is 6.08 Å². The molecule has 0 amide bonds. The molecule has 0 N–H and O–H groups in total. The number of rotatable bonds is 8. The van der Waals surface area contributed by atoms with Gasteiger partial charge in [-0.25, -0.2) is 0 Å². The summed E-state index contributed by atoms with van der Waals surface area (Å²) in [6, 6.07) is 0. The molecule has 2 aliphatic carbocycles. The molecule has 1 fully saturated rings. The van der Waals surface area contributed by atoms with Crippen LogP contribution in [-0.2, 0) is 14.3 Å². The molecule has 0 spiro atoms. The van der Waals surface area contributed by atoms with Crippen LogP contribution < -0.4 is 0 Å². The van der Waals surface area contributed by atoms with Gasteiger partial charge in [0.05, 0.1) is 18.4 Å². The first kappa shape index (κ1) is 23.6. The highest BCUT2D eigenvalue weighted by Gasteiger charge is 2.63. The summed E-state index contributed by atoms with van der Waals surface area (Å²) in [4.78, 5) is 27.0. The van der Waals surface area contributed by atoms with E-state index in [0.29, 0.717) is 12.2 Å².